The number of fused-ring (bicyclic) bond motifs is 1. The Labute approximate surface area is 121 Å². The van der Waals surface area contributed by atoms with E-state index in [-0.39, 0.29) is 5.54 Å². The second-order valence-corrected chi connectivity index (χ2v) is 5.81. The Balaban J connectivity index is 1.77. The molecule has 1 saturated carbocycles. The molecule has 1 aromatic heterocycles. The lowest BCUT2D eigenvalue weighted by Crippen LogP contribution is -2.45. The van der Waals surface area contributed by atoms with Crippen molar-refractivity contribution in [3.05, 3.63) is 29.6 Å². The Morgan fingerprint density at radius 3 is 2.90 bits per heavy atom. The van der Waals surface area contributed by atoms with Crippen molar-refractivity contribution >= 4 is 17.1 Å². The molecule has 7 nitrogen and oxygen atoms in total. The van der Waals surface area contributed by atoms with E-state index in [4.69, 9.17) is 10.5 Å². The fourth-order valence-electron chi connectivity index (χ4n) is 3.04. The summed E-state index contributed by atoms with van der Waals surface area (Å²) in [5, 5.41) is 0. The molecule has 1 atom stereocenters. The molecular formula is C14H17N5O2. The highest BCUT2D eigenvalue weighted by atomic mass is 16.6. The lowest BCUT2D eigenvalue weighted by atomic mass is 9.77. The average molecular weight is 287 g/mol. The lowest BCUT2D eigenvalue weighted by molar-refractivity contribution is 0.130. The highest BCUT2D eigenvalue weighted by Crippen LogP contribution is 2.39. The molecule has 21 heavy (non-hydrogen) atoms. The van der Waals surface area contributed by atoms with Crippen LogP contribution < -0.4 is 16.6 Å². The van der Waals surface area contributed by atoms with Gasteiger partial charge in [-0.15, -0.1) is 0 Å². The predicted molar refractivity (Wildman–Crippen MR) is 75.9 cm³/mol. The van der Waals surface area contributed by atoms with Gasteiger partial charge in [0.25, 0.3) is 0 Å². The van der Waals surface area contributed by atoms with Crippen molar-refractivity contribution < 1.29 is 9.53 Å². The first kappa shape index (κ1) is 12.6. The third-order valence-corrected chi connectivity index (χ3v) is 4.43. The summed E-state index contributed by atoms with van der Waals surface area (Å²) in [6.45, 7) is 0. The first-order valence-electron chi connectivity index (χ1n) is 7.05. The summed E-state index contributed by atoms with van der Waals surface area (Å²) >= 11 is 0. The molecule has 1 aromatic carbocycles. The molecule has 2 fully saturated rings. The number of rotatable bonds is 2. The van der Waals surface area contributed by atoms with E-state index in [2.05, 4.69) is 15.8 Å². The summed E-state index contributed by atoms with van der Waals surface area (Å²) in [6, 6.07) is 5.82. The van der Waals surface area contributed by atoms with Gasteiger partial charge < -0.3 is 15.0 Å². The standard InChI is InChI=1S/C14H17N5O2/c1-19-10-7-8(11-17-18-13(20)21-11)3-4-9(10)16-12(19)14(15)5-2-6-14/h3-4,7,11,17H,2,5-6,15H2,1H3,(H,18,20). The first-order valence-corrected chi connectivity index (χ1v) is 7.05. The molecular weight excluding hydrogens is 270 g/mol. The van der Waals surface area contributed by atoms with E-state index in [1.807, 2.05) is 29.8 Å². The summed E-state index contributed by atoms with van der Waals surface area (Å²) in [7, 11) is 1.98. The number of aryl methyl sites for hydroxylation is 1. The molecule has 1 amide bonds. The van der Waals surface area contributed by atoms with Crippen molar-refractivity contribution in [2.45, 2.75) is 31.0 Å². The van der Waals surface area contributed by atoms with Crippen LogP contribution in [0.1, 0.15) is 36.9 Å². The minimum absolute atomic E-state index is 0.298. The van der Waals surface area contributed by atoms with E-state index in [0.29, 0.717) is 0 Å². The van der Waals surface area contributed by atoms with E-state index in [0.717, 1.165) is 41.7 Å². The van der Waals surface area contributed by atoms with Crippen LogP contribution in [0, 0.1) is 0 Å². The number of hydrogen-bond acceptors (Lipinski definition) is 5. The first-order chi connectivity index (χ1) is 10.1. The number of benzene rings is 1. The topological polar surface area (TPSA) is 94.2 Å². The second-order valence-electron chi connectivity index (χ2n) is 5.81. The fraction of sp³-hybridized carbons (Fsp3) is 0.429. The molecule has 4 rings (SSSR count). The quantitative estimate of drug-likeness (QED) is 0.770. The molecule has 1 unspecified atom stereocenters. The van der Waals surface area contributed by atoms with Gasteiger partial charge in [-0.2, -0.15) is 5.43 Å². The highest BCUT2D eigenvalue weighted by Gasteiger charge is 2.38. The molecule has 7 heteroatoms. The highest BCUT2D eigenvalue weighted by molar-refractivity contribution is 5.77. The maximum Gasteiger partial charge on any atom is 0.423 e. The zero-order chi connectivity index (χ0) is 14.6. The van der Waals surface area contributed by atoms with Crippen molar-refractivity contribution in [3.63, 3.8) is 0 Å². The zero-order valence-electron chi connectivity index (χ0n) is 11.7. The number of cyclic esters (lactones) is 1. The van der Waals surface area contributed by atoms with Crippen LogP contribution in [0.2, 0.25) is 0 Å². The number of nitrogens with two attached hydrogens (primary N) is 1. The Bertz CT molecular complexity index is 734. The van der Waals surface area contributed by atoms with Crippen molar-refractivity contribution in [2.24, 2.45) is 12.8 Å². The number of hydrazine groups is 1. The number of aromatic nitrogens is 2. The van der Waals surface area contributed by atoms with Crippen LogP contribution in [0.3, 0.4) is 0 Å². The van der Waals surface area contributed by atoms with Gasteiger partial charge in [-0.1, -0.05) is 6.07 Å². The van der Waals surface area contributed by atoms with Crippen LogP contribution in [0.4, 0.5) is 4.79 Å². The molecule has 1 aliphatic carbocycles. The summed E-state index contributed by atoms with van der Waals surface area (Å²) in [5.74, 6) is 0.926. The van der Waals surface area contributed by atoms with E-state index >= 15 is 0 Å². The van der Waals surface area contributed by atoms with Gasteiger partial charge in [0, 0.05) is 12.6 Å². The Morgan fingerprint density at radius 1 is 1.48 bits per heavy atom. The lowest BCUT2D eigenvalue weighted by Gasteiger charge is -2.37. The van der Waals surface area contributed by atoms with Gasteiger partial charge in [0.2, 0.25) is 0 Å². The van der Waals surface area contributed by atoms with Crippen molar-refractivity contribution in [1.29, 1.82) is 0 Å². The van der Waals surface area contributed by atoms with E-state index in [1.165, 1.54) is 0 Å². The van der Waals surface area contributed by atoms with Crippen LogP contribution in [0.15, 0.2) is 18.2 Å². The Kier molecular flexibility index (Phi) is 2.51. The Hall–Kier alpha value is -2.12. The van der Waals surface area contributed by atoms with Gasteiger partial charge >= 0.3 is 6.09 Å². The smallest absolute Gasteiger partial charge is 0.423 e. The number of imidazole rings is 1. The average Bonchev–Trinajstić information content (AvgIpc) is 3.01. The summed E-state index contributed by atoms with van der Waals surface area (Å²) in [5.41, 5.74) is 14.1. The van der Waals surface area contributed by atoms with E-state index in [9.17, 15) is 4.79 Å². The van der Waals surface area contributed by atoms with Gasteiger partial charge in [-0.3, -0.25) is 5.43 Å². The van der Waals surface area contributed by atoms with E-state index in [1.54, 1.807) is 0 Å². The molecule has 0 spiro atoms. The van der Waals surface area contributed by atoms with Gasteiger partial charge in [-0.25, -0.2) is 9.78 Å². The molecule has 2 aromatic rings. The third-order valence-electron chi connectivity index (χ3n) is 4.43. The minimum atomic E-state index is -0.476. The van der Waals surface area contributed by atoms with Gasteiger partial charge in [-0.05, 0) is 31.4 Å². The van der Waals surface area contributed by atoms with E-state index < -0.39 is 12.3 Å². The molecule has 4 N–H and O–H groups in total. The fourth-order valence-corrected chi connectivity index (χ4v) is 3.04. The number of nitrogens with one attached hydrogen (secondary N) is 2. The number of amides is 1. The normalized spacial score (nSPS) is 23.7. The van der Waals surface area contributed by atoms with Crippen LogP contribution in [0.5, 0.6) is 0 Å². The van der Waals surface area contributed by atoms with Crippen molar-refractivity contribution in [2.75, 3.05) is 0 Å². The largest absolute Gasteiger partial charge is 0.423 e. The van der Waals surface area contributed by atoms with Crippen molar-refractivity contribution in [3.8, 4) is 0 Å². The predicted octanol–water partition coefficient (Wildman–Crippen LogP) is 1.15. The number of carbonyl (C=O) groups is 1. The summed E-state index contributed by atoms with van der Waals surface area (Å²) in [4.78, 5) is 15.8. The Morgan fingerprint density at radius 2 is 2.29 bits per heavy atom. The van der Waals surface area contributed by atoms with Crippen LogP contribution >= 0.6 is 0 Å². The van der Waals surface area contributed by atoms with Gasteiger partial charge in [0.05, 0.1) is 16.6 Å². The second kappa shape index (κ2) is 4.19. The van der Waals surface area contributed by atoms with Crippen molar-refractivity contribution in [1.82, 2.24) is 20.4 Å². The molecule has 0 radical (unpaired) electrons. The number of nitrogens with zero attached hydrogens (tertiary/aromatic N) is 2. The minimum Gasteiger partial charge on any atom is -0.423 e. The van der Waals surface area contributed by atoms with Crippen LogP contribution in [0.25, 0.3) is 11.0 Å². The number of carbonyl (C=O) groups excluding carboxylic acids is 1. The number of hydrogen-bond donors (Lipinski definition) is 3. The molecule has 1 aliphatic heterocycles. The number of ether oxygens (including phenoxy) is 1. The summed E-state index contributed by atoms with van der Waals surface area (Å²) in [6.07, 6.45) is 2.15. The SMILES string of the molecule is Cn1c(C2(N)CCC2)nc2ccc(C3NNC(=O)O3)cc21. The third kappa shape index (κ3) is 1.81. The molecule has 0 bridgehead atoms. The monoisotopic (exact) mass is 287 g/mol. The maximum absolute atomic E-state index is 11.1. The molecule has 2 heterocycles. The summed E-state index contributed by atoms with van der Waals surface area (Å²) < 4.78 is 7.17. The van der Waals surface area contributed by atoms with Crippen LogP contribution in [-0.4, -0.2) is 15.6 Å². The van der Waals surface area contributed by atoms with Gasteiger partial charge in [0.15, 0.2) is 6.23 Å². The van der Waals surface area contributed by atoms with Crippen LogP contribution in [-0.2, 0) is 17.3 Å². The molecule has 2 aliphatic rings. The zero-order valence-corrected chi connectivity index (χ0v) is 11.7. The maximum atomic E-state index is 11.1. The molecule has 110 valence electrons. The van der Waals surface area contributed by atoms with Gasteiger partial charge in [0.1, 0.15) is 5.82 Å². The molecule has 1 saturated heterocycles.